The number of likely N-dealkylation sites (tertiary alicyclic amines) is 1. The van der Waals surface area contributed by atoms with Crippen LogP contribution in [0.15, 0.2) is 12.3 Å². The minimum Gasteiger partial charge on any atom is -0.367 e. The molecule has 0 aromatic carbocycles. The molecule has 4 rings (SSSR count). The van der Waals surface area contributed by atoms with Crippen molar-refractivity contribution in [1.82, 2.24) is 14.9 Å². The van der Waals surface area contributed by atoms with Crippen molar-refractivity contribution in [2.45, 2.75) is 69.4 Å². The van der Waals surface area contributed by atoms with Crippen LogP contribution in [0.4, 0.5) is 5.82 Å². The van der Waals surface area contributed by atoms with Gasteiger partial charge >= 0.3 is 0 Å². The fraction of sp³-hybridized carbons (Fsp3) is 0.647. The van der Waals surface area contributed by atoms with Gasteiger partial charge in [0, 0.05) is 37.0 Å². The van der Waals surface area contributed by atoms with Gasteiger partial charge in [0.15, 0.2) is 0 Å². The third kappa shape index (κ3) is 3.07. The molecule has 6 nitrogen and oxygen atoms in total. The molecule has 0 spiro atoms. The van der Waals surface area contributed by atoms with Crippen LogP contribution in [-0.2, 0) is 9.59 Å². The molecule has 122 valence electrons. The molecule has 0 radical (unpaired) electrons. The van der Waals surface area contributed by atoms with E-state index in [4.69, 9.17) is 0 Å². The first-order valence-electron chi connectivity index (χ1n) is 8.65. The number of rotatable bonds is 4. The van der Waals surface area contributed by atoms with Crippen LogP contribution in [0.25, 0.3) is 0 Å². The summed E-state index contributed by atoms with van der Waals surface area (Å²) in [5.41, 5.74) is 0. The molecule has 0 unspecified atom stereocenters. The first kappa shape index (κ1) is 14.6. The lowest BCUT2D eigenvalue weighted by molar-refractivity contribution is -0.141. The molecular formula is C17H22N4O2. The Bertz CT molecular complexity index is 605. The molecule has 6 heteroatoms. The van der Waals surface area contributed by atoms with Gasteiger partial charge in [0.05, 0.1) is 0 Å². The summed E-state index contributed by atoms with van der Waals surface area (Å²) in [5.74, 6) is 2.43. The first-order valence-corrected chi connectivity index (χ1v) is 8.65. The summed E-state index contributed by atoms with van der Waals surface area (Å²) in [6.45, 7) is 0. The lowest BCUT2D eigenvalue weighted by atomic mass is 9.90. The Balaban J connectivity index is 1.34. The van der Waals surface area contributed by atoms with Crippen molar-refractivity contribution < 1.29 is 9.59 Å². The standard InChI is InChI=1S/C17H22N4O2/c22-15-7-8-16(23)21(15)13-5-3-12(4-6-13)19-14-9-10-18-17(20-14)11-1-2-11/h9-13H,1-8H2,(H,18,19,20). The molecule has 3 fully saturated rings. The Hall–Kier alpha value is -1.98. The summed E-state index contributed by atoms with van der Waals surface area (Å²) in [4.78, 5) is 34.1. The van der Waals surface area contributed by atoms with Crippen molar-refractivity contribution in [3.63, 3.8) is 0 Å². The molecular weight excluding hydrogens is 292 g/mol. The number of nitrogens with one attached hydrogen (secondary N) is 1. The van der Waals surface area contributed by atoms with Crippen LogP contribution in [0.3, 0.4) is 0 Å². The van der Waals surface area contributed by atoms with Gasteiger partial charge in [-0.1, -0.05) is 0 Å². The molecule has 3 aliphatic rings. The second-order valence-electron chi connectivity index (χ2n) is 6.88. The van der Waals surface area contributed by atoms with Crippen LogP contribution < -0.4 is 5.32 Å². The highest BCUT2D eigenvalue weighted by Crippen LogP contribution is 2.38. The van der Waals surface area contributed by atoms with E-state index in [1.165, 1.54) is 17.7 Å². The third-order valence-corrected chi connectivity index (χ3v) is 5.12. The monoisotopic (exact) mass is 314 g/mol. The van der Waals surface area contributed by atoms with E-state index in [1.54, 1.807) is 0 Å². The largest absolute Gasteiger partial charge is 0.367 e. The Morgan fingerprint density at radius 1 is 1.00 bits per heavy atom. The zero-order chi connectivity index (χ0) is 15.8. The Morgan fingerprint density at radius 2 is 1.70 bits per heavy atom. The number of aromatic nitrogens is 2. The molecule has 23 heavy (non-hydrogen) atoms. The third-order valence-electron chi connectivity index (χ3n) is 5.12. The lowest BCUT2D eigenvalue weighted by Gasteiger charge is -2.34. The molecule has 2 amide bonds. The summed E-state index contributed by atoms with van der Waals surface area (Å²) in [5, 5.41) is 3.50. The predicted molar refractivity (Wildman–Crippen MR) is 84.8 cm³/mol. The first-order chi connectivity index (χ1) is 11.2. The molecule has 2 heterocycles. The van der Waals surface area contributed by atoms with Gasteiger partial charge in [-0.2, -0.15) is 0 Å². The number of anilines is 1. The molecule has 1 N–H and O–H groups in total. The summed E-state index contributed by atoms with van der Waals surface area (Å²) < 4.78 is 0. The van der Waals surface area contributed by atoms with Crippen molar-refractivity contribution >= 4 is 17.6 Å². The normalized spacial score (nSPS) is 28.3. The van der Waals surface area contributed by atoms with Gasteiger partial charge in [0.25, 0.3) is 0 Å². The summed E-state index contributed by atoms with van der Waals surface area (Å²) >= 11 is 0. The number of amides is 2. The maximum atomic E-state index is 11.8. The Kier molecular flexibility index (Phi) is 3.75. The Labute approximate surface area is 135 Å². The van der Waals surface area contributed by atoms with E-state index >= 15 is 0 Å². The van der Waals surface area contributed by atoms with E-state index in [9.17, 15) is 9.59 Å². The molecule has 1 aromatic heterocycles. The minimum absolute atomic E-state index is 0.0104. The molecule has 1 aliphatic heterocycles. The van der Waals surface area contributed by atoms with Gasteiger partial charge in [-0.3, -0.25) is 14.5 Å². The quantitative estimate of drug-likeness (QED) is 0.863. The highest BCUT2D eigenvalue weighted by Gasteiger charge is 2.36. The van der Waals surface area contributed by atoms with Crippen LogP contribution in [0.1, 0.15) is 63.1 Å². The second-order valence-corrected chi connectivity index (χ2v) is 6.88. The van der Waals surface area contributed by atoms with Crippen LogP contribution in [0, 0.1) is 0 Å². The smallest absolute Gasteiger partial charge is 0.229 e. The van der Waals surface area contributed by atoms with Crippen molar-refractivity contribution in [2.75, 3.05) is 5.32 Å². The van der Waals surface area contributed by atoms with Crippen molar-refractivity contribution in [3.8, 4) is 0 Å². The number of imide groups is 1. The van der Waals surface area contributed by atoms with Gasteiger partial charge in [-0.15, -0.1) is 0 Å². The van der Waals surface area contributed by atoms with Gasteiger partial charge in [0.2, 0.25) is 11.8 Å². The number of carbonyl (C=O) groups excluding carboxylic acids is 2. The van der Waals surface area contributed by atoms with Crippen LogP contribution in [0.5, 0.6) is 0 Å². The van der Waals surface area contributed by atoms with Crippen molar-refractivity contribution in [3.05, 3.63) is 18.1 Å². The zero-order valence-electron chi connectivity index (χ0n) is 13.2. The fourth-order valence-corrected chi connectivity index (χ4v) is 3.68. The highest BCUT2D eigenvalue weighted by atomic mass is 16.2. The van der Waals surface area contributed by atoms with E-state index in [0.717, 1.165) is 37.3 Å². The maximum absolute atomic E-state index is 11.8. The van der Waals surface area contributed by atoms with E-state index in [0.29, 0.717) is 24.8 Å². The van der Waals surface area contributed by atoms with E-state index < -0.39 is 0 Å². The number of hydrogen-bond acceptors (Lipinski definition) is 5. The van der Waals surface area contributed by atoms with Gasteiger partial charge < -0.3 is 5.32 Å². The lowest BCUT2D eigenvalue weighted by Crippen LogP contribution is -2.43. The van der Waals surface area contributed by atoms with Gasteiger partial charge in [-0.25, -0.2) is 9.97 Å². The highest BCUT2D eigenvalue weighted by molar-refractivity contribution is 6.02. The molecule has 2 aliphatic carbocycles. The summed E-state index contributed by atoms with van der Waals surface area (Å²) in [6.07, 6.45) is 8.71. The van der Waals surface area contributed by atoms with E-state index in [1.807, 2.05) is 12.3 Å². The molecule has 1 saturated heterocycles. The number of nitrogens with zero attached hydrogens (tertiary/aromatic N) is 3. The van der Waals surface area contributed by atoms with Gasteiger partial charge in [0.1, 0.15) is 11.6 Å². The van der Waals surface area contributed by atoms with Gasteiger partial charge in [-0.05, 0) is 44.6 Å². The average Bonchev–Trinajstić information content (AvgIpc) is 3.35. The summed E-state index contributed by atoms with van der Waals surface area (Å²) in [6, 6.07) is 2.38. The topological polar surface area (TPSA) is 75.2 Å². The second kappa shape index (κ2) is 5.91. The van der Waals surface area contributed by atoms with Crippen LogP contribution in [-0.4, -0.2) is 38.8 Å². The SMILES string of the molecule is O=C1CCC(=O)N1C1CCC(Nc2ccnc(C3CC3)n2)CC1. The maximum Gasteiger partial charge on any atom is 0.229 e. The van der Waals surface area contributed by atoms with E-state index in [-0.39, 0.29) is 17.9 Å². The van der Waals surface area contributed by atoms with Crippen LogP contribution >= 0.6 is 0 Å². The van der Waals surface area contributed by atoms with Crippen LogP contribution in [0.2, 0.25) is 0 Å². The number of carbonyl (C=O) groups is 2. The van der Waals surface area contributed by atoms with Crippen molar-refractivity contribution in [1.29, 1.82) is 0 Å². The van der Waals surface area contributed by atoms with E-state index in [2.05, 4.69) is 15.3 Å². The molecule has 0 atom stereocenters. The molecule has 1 aromatic rings. The number of hydrogen-bond donors (Lipinski definition) is 1. The Morgan fingerprint density at radius 3 is 2.35 bits per heavy atom. The molecule has 0 bridgehead atoms. The minimum atomic E-state index is 0.0104. The predicted octanol–water partition coefficient (Wildman–Crippen LogP) is 2.23. The molecule has 2 saturated carbocycles. The average molecular weight is 314 g/mol. The summed E-state index contributed by atoms with van der Waals surface area (Å²) in [7, 11) is 0. The van der Waals surface area contributed by atoms with Crippen molar-refractivity contribution in [2.24, 2.45) is 0 Å². The zero-order valence-corrected chi connectivity index (χ0v) is 13.2. The fourth-order valence-electron chi connectivity index (χ4n) is 3.68.